The quantitative estimate of drug-likeness (QED) is 0.795. The molecule has 0 aliphatic carbocycles. The van der Waals surface area contributed by atoms with Crippen molar-refractivity contribution in [1.82, 2.24) is 0 Å². The number of benzene rings is 1. The summed E-state index contributed by atoms with van der Waals surface area (Å²) in [4.78, 5) is 11.7. The first-order chi connectivity index (χ1) is 7.90. The smallest absolute Gasteiger partial charge is 0.165 e. The second-order valence-corrected chi connectivity index (χ2v) is 5.31. The SMILES string of the molecule is CCC(=O)C(OC)c1ccc(C(C)(C)C)cc1. The zero-order chi connectivity index (χ0) is 13.1. The van der Waals surface area contributed by atoms with Crippen LogP contribution in [0.25, 0.3) is 0 Å². The topological polar surface area (TPSA) is 26.3 Å². The molecule has 0 aliphatic heterocycles. The Morgan fingerprint density at radius 1 is 1.24 bits per heavy atom. The van der Waals surface area contributed by atoms with Crippen molar-refractivity contribution in [3.05, 3.63) is 35.4 Å². The number of methoxy groups -OCH3 is 1. The molecule has 1 aromatic rings. The van der Waals surface area contributed by atoms with E-state index in [0.717, 1.165) is 5.56 Å². The normalized spacial score (nSPS) is 13.5. The van der Waals surface area contributed by atoms with Crippen LogP contribution in [0.1, 0.15) is 51.3 Å². The van der Waals surface area contributed by atoms with Gasteiger partial charge in [-0.25, -0.2) is 0 Å². The van der Waals surface area contributed by atoms with E-state index in [0.29, 0.717) is 6.42 Å². The van der Waals surface area contributed by atoms with Crippen molar-refractivity contribution in [1.29, 1.82) is 0 Å². The Kier molecular flexibility index (Phi) is 4.47. The van der Waals surface area contributed by atoms with Gasteiger partial charge in [0.25, 0.3) is 0 Å². The summed E-state index contributed by atoms with van der Waals surface area (Å²) in [7, 11) is 1.58. The maximum atomic E-state index is 11.7. The van der Waals surface area contributed by atoms with E-state index in [1.807, 2.05) is 19.1 Å². The van der Waals surface area contributed by atoms with Gasteiger partial charge in [0, 0.05) is 13.5 Å². The van der Waals surface area contributed by atoms with E-state index in [1.165, 1.54) is 5.56 Å². The zero-order valence-electron chi connectivity index (χ0n) is 11.4. The summed E-state index contributed by atoms with van der Waals surface area (Å²) in [5, 5.41) is 0. The van der Waals surface area contributed by atoms with Gasteiger partial charge in [-0.05, 0) is 16.5 Å². The van der Waals surface area contributed by atoms with Crippen LogP contribution in [-0.4, -0.2) is 12.9 Å². The average Bonchev–Trinajstić information content (AvgIpc) is 2.29. The first kappa shape index (κ1) is 13.9. The van der Waals surface area contributed by atoms with Gasteiger partial charge in [0.2, 0.25) is 0 Å². The molecule has 1 atom stereocenters. The lowest BCUT2D eigenvalue weighted by atomic mass is 9.86. The van der Waals surface area contributed by atoms with Crippen molar-refractivity contribution in [3.63, 3.8) is 0 Å². The molecule has 0 bridgehead atoms. The number of carbonyl (C=O) groups is 1. The van der Waals surface area contributed by atoms with Crippen LogP contribution in [0.2, 0.25) is 0 Å². The van der Waals surface area contributed by atoms with Gasteiger partial charge in [0.05, 0.1) is 0 Å². The van der Waals surface area contributed by atoms with Gasteiger partial charge in [-0.2, -0.15) is 0 Å². The number of ketones is 1. The van der Waals surface area contributed by atoms with Gasteiger partial charge in [-0.15, -0.1) is 0 Å². The first-order valence-corrected chi connectivity index (χ1v) is 6.06. The van der Waals surface area contributed by atoms with Crippen LogP contribution in [0.5, 0.6) is 0 Å². The largest absolute Gasteiger partial charge is 0.369 e. The summed E-state index contributed by atoms with van der Waals surface area (Å²) in [6, 6.07) is 8.12. The Morgan fingerprint density at radius 3 is 2.12 bits per heavy atom. The van der Waals surface area contributed by atoms with Crippen molar-refractivity contribution < 1.29 is 9.53 Å². The Morgan fingerprint density at radius 2 is 1.76 bits per heavy atom. The number of hydrogen-bond donors (Lipinski definition) is 0. The Bertz CT molecular complexity index is 371. The van der Waals surface area contributed by atoms with Gasteiger partial charge in [-0.3, -0.25) is 4.79 Å². The molecule has 2 nitrogen and oxygen atoms in total. The third-order valence-electron chi connectivity index (χ3n) is 2.96. The molecule has 17 heavy (non-hydrogen) atoms. The minimum atomic E-state index is -0.422. The molecule has 0 fully saturated rings. The molecule has 0 aromatic heterocycles. The van der Waals surface area contributed by atoms with Gasteiger partial charge >= 0.3 is 0 Å². The van der Waals surface area contributed by atoms with Crippen LogP contribution in [-0.2, 0) is 14.9 Å². The number of rotatable bonds is 4. The molecule has 0 spiro atoms. The minimum absolute atomic E-state index is 0.121. The molecule has 0 heterocycles. The fraction of sp³-hybridized carbons (Fsp3) is 0.533. The molecule has 0 aliphatic rings. The van der Waals surface area contributed by atoms with Crippen LogP contribution < -0.4 is 0 Å². The molecule has 0 saturated carbocycles. The summed E-state index contributed by atoms with van der Waals surface area (Å²) in [5.74, 6) is 0.121. The van der Waals surface area contributed by atoms with Crippen molar-refractivity contribution >= 4 is 5.78 Å². The maximum absolute atomic E-state index is 11.7. The molecule has 0 N–H and O–H groups in total. The summed E-state index contributed by atoms with van der Waals surface area (Å²) in [6.45, 7) is 8.38. The molecule has 1 unspecified atom stereocenters. The van der Waals surface area contributed by atoms with Gasteiger partial charge < -0.3 is 4.74 Å². The average molecular weight is 234 g/mol. The highest BCUT2D eigenvalue weighted by atomic mass is 16.5. The zero-order valence-corrected chi connectivity index (χ0v) is 11.4. The fourth-order valence-corrected chi connectivity index (χ4v) is 1.80. The predicted molar refractivity (Wildman–Crippen MR) is 70.2 cm³/mol. The Labute approximate surface area is 104 Å². The number of carbonyl (C=O) groups excluding carboxylic acids is 1. The molecule has 1 aromatic carbocycles. The molecule has 0 saturated heterocycles. The molecular weight excluding hydrogens is 212 g/mol. The molecule has 0 amide bonds. The first-order valence-electron chi connectivity index (χ1n) is 6.06. The highest BCUT2D eigenvalue weighted by Gasteiger charge is 2.19. The van der Waals surface area contributed by atoms with E-state index in [1.54, 1.807) is 7.11 Å². The Hall–Kier alpha value is -1.15. The van der Waals surface area contributed by atoms with Crippen molar-refractivity contribution in [3.8, 4) is 0 Å². The van der Waals surface area contributed by atoms with E-state index in [9.17, 15) is 4.79 Å². The highest BCUT2D eigenvalue weighted by molar-refractivity contribution is 5.84. The summed E-state index contributed by atoms with van der Waals surface area (Å²) in [5.41, 5.74) is 2.34. The summed E-state index contributed by atoms with van der Waals surface area (Å²) >= 11 is 0. The van der Waals surface area contributed by atoms with Crippen LogP contribution in [0.3, 0.4) is 0 Å². The van der Waals surface area contributed by atoms with Crippen LogP contribution in [0.15, 0.2) is 24.3 Å². The van der Waals surface area contributed by atoms with Crippen LogP contribution >= 0.6 is 0 Å². The van der Waals surface area contributed by atoms with E-state index in [4.69, 9.17) is 4.74 Å². The minimum Gasteiger partial charge on any atom is -0.369 e. The van der Waals surface area contributed by atoms with E-state index < -0.39 is 6.10 Å². The van der Waals surface area contributed by atoms with E-state index >= 15 is 0 Å². The lowest BCUT2D eigenvalue weighted by Crippen LogP contribution is -2.15. The lowest BCUT2D eigenvalue weighted by molar-refractivity contribution is -0.128. The highest BCUT2D eigenvalue weighted by Crippen LogP contribution is 2.25. The standard InChI is InChI=1S/C15H22O2/c1-6-13(16)14(17-5)11-7-9-12(10-8-11)15(2,3)4/h7-10,14H,6H2,1-5H3. The Balaban J connectivity index is 2.97. The van der Waals surface area contributed by atoms with Gasteiger partial charge in [0.1, 0.15) is 6.10 Å². The molecule has 94 valence electrons. The number of ether oxygens (including phenoxy) is 1. The lowest BCUT2D eigenvalue weighted by Gasteiger charge is -2.20. The van der Waals surface area contributed by atoms with Gasteiger partial charge in [-0.1, -0.05) is 52.0 Å². The van der Waals surface area contributed by atoms with Gasteiger partial charge in [0.15, 0.2) is 5.78 Å². The third-order valence-corrected chi connectivity index (χ3v) is 2.96. The monoisotopic (exact) mass is 234 g/mol. The van der Waals surface area contributed by atoms with Crippen molar-refractivity contribution in [2.45, 2.75) is 45.6 Å². The van der Waals surface area contributed by atoms with E-state index in [2.05, 4.69) is 32.9 Å². The predicted octanol–water partition coefficient (Wildman–Crippen LogP) is 3.65. The summed E-state index contributed by atoms with van der Waals surface area (Å²) in [6.07, 6.45) is 0.0773. The molecular formula is C15H22O2. The molecule has 1 rings (SSSR count). The molecule has 2 heteroatoms. The van der Waals surface area contributed by atoms with E-state index in [-0.39, 0.29) is 11.2 Å². The number of Topliss-reactive ketones (excluding diaryl/α,β-unsaturated/α-hetero) is 1. The fourth-order valence-electron chi connectivity index (χ4n) is 1.80. The summed E-state index contributed by atoms with van der Waals surface area (Å²) < 4.78 is 5.26. The second-order valence-electron chi connectivity index (χ2n) is 5.31. The third kappa shape index (κ3) is 3.40. The van der Waals surface area contributed by atoms with Crippen molar-refractivity contribution in [2.24, 2.45) is 0 Å². The maximum Gasteiger partial charge on any atom is 0.165 e. The molecule has 0 radical (unpaired) electrons. The van der Waals surface area contributed by atoms with Crippen LogP contribution in [0.4, 0.5) is 0 Å². The van der Waals surface area contributed by atoms with Crippen molar-refractivity contribution in [2.75, 3.05) is 7.11 Å². The second kappa shape index (κ2) is 5.46. The number of hydrogen-bond acceptors (Lipinski definition) is 2. The van der Waals surface area contributed by atoms with Crippen LogP contribution in [0, 0.1) is 0 Å².